The van der Waals surface area contributed by atoms with Crippen LogP contribution in [-0.4, -0.2) is 40.5 Å². The number of aromatic nitrogens is 2. The molecule has 106 valence electrons. The third-order valence-electron chi connectivity index (χ3n) is 3.98. The minimum atomic E-state index is -0.0758. The zero-order chi connectivity index (χ0) is 13.9. The summed E-state index contributed by atoms with van der Waals surface area (Å²) in [7, 11) is 0. The highest BCUT2D eigenvalue weighted by atomic mass is 16.1. The fraction of sp³-hybridized carbons (Fsp3) is 0.467. The fourth-order valence-corrected chi connectivity index (χ4v) is 2.82. The van der Waals surface area contributed by atoms with E-state index < -0.39 is 0 Å². The largest absolute Gasteiger partial charge is 0.319 e. The van der Waals surface area contributed by atoms with Crippen LogP contribution in [-0.2, 0) is 6.54 Å². The van der Waals surface area contributed by atoms with Gasteiger partial charge in [-0.15, -0.1) is 0 Å². The summed E-state index contributed by atoms with van der Waals surface area (Å²) in [4.78, 5) is 21.9. The lowest BCUT2D eigenvalue weighted by Crippen LogP contribution is -2.38. The summed E-state index contributed by atoms with van der Waals surface area (Å²) in [5, 5.41) is 3.37. The summed E-state index contributed by atoms with van der Waals surface area (Å²) < 4.78 is 0. The molecular formula is C15H20N4O. The van der Waals surface area contributed by atoms with Crippen LogP contribution in [0.1, 0.15) is 19.0 Å². The molecule has 1 atom stereocenters. The van der Waals surface area contributed by atoms with Gasteiger partial charge in [-0.25, -0.2) is 4.98 Å². The highest BCUT2D eigenvalue weighted by Crippen LogP contribution is 2.12. The lowest BCUT2D eigenvalue weighted by atomic mass is 10.2. The molecule has 2 N–H and O–H groups in total. The first-order chi connectivity index (χ1) is 9.78. The van der Waals surface area contributed by atoms with Crippen LogP contribution in [0.15, 0.2) is 29.1 Å². The molecule has 0 bridgehead atoms. The first-order valence-corrected chi connectivity index (χ1v) is 7.20. The zero-order valence-electron chi connectivity index (χ0n) is 11.7. The second-order valence-electron chi connectivity index (χ2n) is 5.24. The van der Waals surface area contributed by atoms with Crippen LogP contribution in [0.3, 0.4) is 0 Å². The van der Waals surface area contributed by atoms with Crippen molar-refractivity contribution in [2.24, 2.45) is 0 Å². The molecule has 1 aromatic heterocycles. The number of benzene rings is 1. The minimum Gasteiger partial charge on any atom is -0.319 e. The van der Waals surface area contributed by atoms with E-state index in [0.29, 0.717) is 18.3 Å². The first kappa shape index (κ1) is 13.3. The number of hydrogen-bond donors (Lipinski definition) is 2. The molecular weight excluding hydrogens is 252 g/mol. The molecule has 1 saturated heterocycles. The molecule has 0 amide bonds. The van der Waals surface area contributed by atoms with Gasteiger partial charge in [0.2, 0.25) is 0 Å². The SMILES string of the molecule is CCN(Cc1nc2ccccc2[nH]c1=O)C1CCNC1. The second kappa shape index (κ2) is 5.73. The maximum absolute atomic E-state index is 12.1. The van der Waals surface area contributed by atoms with Gasteiger partial charge in [0.15, 0.2) is 0 Å². The average molecular weight is 272 g/mol. The maximum Gasteiger partial charge on any atom is 0.271 e. The van der Waals surface area contributed by atoms with Crippen molar-refractivity contribution in [1.82, 2.24) is 20.2 Å². The van der Waals surface area contributed by atoms with Crippen LogP contribution in [0.25, 0.3) is 11.0 Å². The predicted octanol–water partition coefficient (Wildman–Crippen LogP) is 1.11. The fourth-order valence-electron chi connectivity index (χ4n) is 2.82. The normalized spacial score (nSPS) is 19.0. The number of nitrogens with one attached hydrogen (secondary N) is 2. The van der Waals surface area contributed by atoms with Gasteiger partial charge < -0.3 is 10.3 Å². The average Bonchev–Trinajstić information content (AvgIpc) is 2.99. The Morgan fingerprint density at radius 2 is 2.25 bits per heavy atom. The molecule has 20 heavy (non-hydrogen) atoms. The molecule has 1 aromatic carbocycles. The standard InChI is InChI=1S/C15H20N4O/c1-2-19(11-7-8-16-9-11)10-14-15(20)18-13-6-4-3-5-12(13)17-14/h3-6,11,16H,2,7-10H2,1H3,(H,18,20). The van der Waals surface area contributed by atoms with Gasteiger partial charge in [-0.2, -0.15) is 0 Å². The molecule has 2 aromatic rings. The van der Waals surface area contributed by atoms with E-state index in [0.717, 1.165) is 37.1 Å². The van der Waals surface area contributed by atoms with Crippen molar-refractivity contribution >= 4 is 11.0 Å². The first-order valence-electron chi connectivity index (χ1n) is 7.20. The van der Waals surface area contributed by atoms with Gasteiger partial charge in [0.25, 0.3) is 5.56 Å². The molecule has 1 fully saturated rings. The molecule has 5 heteroatoms. The summed E-state index contributed by atoms with van der Waals surface area (Å²) in [5.74, 6) is 0. The number of aromatic amines is 1. The number of H-pyrrole nitrogens is 1. The van der Waals surface area contributed by atoms with Crippen LogP contribution in [0, 0.1) is 0 Å². The van der Waals surface area contributed by atoms with Gasteiger partial charge in [-0.1, -0.05) is 19.1 Å². The van der Waals surface area contributed by atoms with E-state index in [1.807, 2.05) is 24.3 Å². The molecule has 0 radical (unpaired) electrons. The maximum atomic E-state index is 12.1. The Morgan fingerprint density at radius 3 is 3.00 bits per heavy atom. The Balaban J connectivity index is 1.89. The third-order valence-corrected chi connectivity index (χ3v) is 3.98. The van der Waals surface area contributed by atoms with Crippen molar-refractivity contribution in [3.63, 3.8) is 0 Å². The summed E-state index contributed by atoms with van der Waals surface area (Å²) in [6, 6.07) is 8.17. The molecule has 2 heterocycles. The van der Waals surface area contributed by atoms with E-state index in [9.17, 15) is 4.79 Å². The topological polar surface area (TPSA) is 61.0 Å². The van der Waals surface area contributed by atoms with Crippen molar-refractivity contribution in [2.45, 2.75) is 25.9 Å². The van der Waals surface area contributed by atoms with E-state index in [1.165, 1.54) is 0 Å². The minimum absolute atomic E-state index is 0.0758. The van der Waals surface area contributed by atoms with E-state index in [1.54, 1.807) is 0 Å². The van der Waals surface area contributed by atoms with Gasteiger partial charge in [0.1, 0.15) is 5.69 Å². The van der Waals surface area contributed by atoms with Crippen LogP contribution < -0.4 is 10.9 Å². The van der Waals surface area contributed by atoms with E-state index >= 15 is 0 Å². The highest BCUT2D eigenvalue weighted by molar-refractivity contribution is 5.73. The smallest absolute Gasteiger partial charge is 0.271 e. The monoisotopic (exact) mass is 272 g/mol. The molecule has 5 nitrogen and oxygen atoms in total. The third kappa shape index (κ3) is 2.59. The van der Waals surface area contributed by atoms with Crippen molar-refractivity contribution < 1.29 is 0 Å². The van der Waals surface area contributed by atoms with E-state index in [4.69, 9.17) is 0 Å². The molecule has 0 aliphatic carbocycles. The Hall–Kier alpha value is -1.72. The number of nitrogens with zero attached hydrogens (tertiary/aromatic N) is 2. The molecule has 0 saturated carbocycles. The number of para-hydroxylation sites is 2. The Bertz CT molecular complexity index is 646. The number of rotatable bonds is 4. The van der Waals surface area contributed by atoms with Crippen molar-refractivity contribution in [3.8, 4) is 0 Å². The van der Waals surface area contributed by atoms with E-state index in [-0.39, 0.29) is 5.56 Å². The molecule has 1 aliphatic rings. The Labute approximate surface area is 118 Å². The predicted molar refractivity (Wildman–Crippen MR) is 79.7 cm³/mol. The molecule has 0 spiro atoms. The Morgan fingerprint density at radius 1 is 1.40 bits per heavy atom. The van der Waals surface area contributed by atoms with Crippen molar-refractivity contribution in [3.05, 3.63) is 40.3 Å². The van der Waals surface area contributed by atoms with Crippen LogP contribution in [0.4, 0.5) is 0 Å². The molecule has 1 aliphatic heterocycles. The Kier molecular flexibility index (Phi) is 3.80. The van der Waals surface area contributed by atoms with E-state index in [2.05, 4.69) is 27.1 Å². The van der Waals surface area contributed by atoms with Crippen molar-refractivity contribution in [2.75, 3.05) is 19.6 Å². The summed E-state index contributed by atoms with van der Waals surface area (Å²) >= 11 is 0. The van der Waals surface area contributed by atoms with Gasteiger partial charge in [-0.05, 0) is 31.6 Å². The van der Waals surface area contributed by atoms with Gasteiger partial charge >= 0.3 is 0 Å². The summed E-state index contributed by atoms with van der Waals surface area (Å²) in [6.45, 7) is 5.73. The van der Waals surface area contributed by atoms with Gasteiger partial charge in [0, 0.05) is 19.1 Å². The lowest BCUT2D eigenvalue weighted by Gasteiger charge is -2.26. The zero-order valence-corrected chi connectivity index (χ0v) is 11.7. The van der Waals surface area contributed by atoms with Gasteiger partial charge in [0.05, 0.1) is 11.0 Å². The van der Waals surface area contributed by atoms with Crippen LogP contribution in [0.5, 0.6) is 0 Å². The molecule has 3 rings (SSSR count). The quantitative estimate of drug-likeness (QED) is 0.875. The van der Waals surface area contributed by atoms with Crippen LogP contribution >= 0.6 is 0 Å². The summed E-state index contributed by atoms with van der Waals surface area (Å²) in [6.07, 6.45) is 1.14. The van der Waals surface area contributed by atoms with Crippen molar-refractivity contribution in [1.29, 1.82) is 0 Å². The number of fused-ring (bicyclic) bond motifs is 1. The number of hydrogen-bond acceptors (Lipinski definition) is 4. The van der Waals surface area contributed by atoms with Gasteiger partial charge in [-0.3, -0.25) is 9.69 Å². The second-order valence-corrected chi connectivity index (χ2v) is 5.24. The number of likely N-dealkylation sites (N-methyl/N-ethyl adjacent to an activating group) is 1. The lowest BCUT2D eigenvalue weighted by molar-refractivity contribution is 0.207. The highest BCUT2D eigenvalue weighted by Gasteiger charge is 2.22. The molecule has 1 unspecified atom stereocenters. The van der Waals surface area contributed by atoms with Crippen LogP contribution in [0.2, 0.25) is 0 Å². The summed E-state index contributed by atoms with van der Waals surface area (Å²) in [5.41, 5.74) is 2.18.